The Morgan fingerprint density at radius 3 is 2.51 bits per heavy atom. The first-order chi connectivity index (χ1) is 18.2. The van der Waals surface area contributed by atoms with Crippen LogP contribution < -0.4 is 11.1 Å². The minimum absolute atomic E-state index is 0.00283. The Hall–Kier alpha value is -3.18. The van der Waals surface area contributed by atoms with Crippen molar-refractivity contribution >= 4 is 34.8 Å². The lowest BCUT2D eigenvalue weighted by Crippen LogP contribution is -2.65. The van der Waals surface area contributed by atoms with Gasteiger partial charge in [0.05, 0.1) is 11.6 Å². The first kappa shape index (κ1) is 28.8. The maximum Gasteiger partial charge on any atom is 0.255 e. The fraction of sp³-hybridized carbons (Fsp3) is 0.464. The van der Waals surface area contributed by atoms with Gasteiger partial charge >= 0.3 is 0 Å². The van der Waals surface area contributed by atoms with Gasteiger partial charge in [-0.25, -0.2) is 0 Å². The molecular weight excluding hydrogens is 526 g/mol. The molecule has 7 N–H and O–H groups in total. The van der Waals surface area contributed by atoms with Crippen LogP contribution in [0.25, 0.3) is 5.76 Å². The maximum absolute atomic E-state index is 13.8. The summed E-state index contributed by atoms with van der Waals surface area (Å²) in [5.74, 6) is -6.93. The zero-order chi connectivity index (χ0) is 29.1. The van der Waals surface area contributed by atoms with E-state index in [0.29, 0.717) is 22.7 Å². The molecule has 0 saturated heterocycles. The van der Waals surface area contributed by atoms with Crippen molar-refractivity contribution in [2.24, 2.45) is 17.6 Å². The van der Waals surface area contributed by atoms with Gasteiger partial charge in [0.25, 0.3) is 5.91 Å². The molecule has 1 aromatic carbocycles. The fourth-order valence-corrected chi connectivity index (χ4v) is 6.44. The molecular formula is C28H34ClN3O7. The third-order valence-electron chi connectivity index (χ3n) is 8.47. The van der Waals surface area contributed by atoms with E-state index in [9.17, 15) is 34.8 Å². The van der Waals surface area contributed by atoms with E-state index in [2.05, 4.69) is 5.32 Å². The third kappa shape index (κ3) is 4.26. The summed E-state index contributed by atoms with van der Waals surface area (Å²) in [7, 11) is 3.11. The maximum atomic E-state index is 13.8. The summed E-state index contributed by atoms with van der Waals surface area (Å²) < 4.78 is 0. The number of phenolic OH excluding ortho intramolecular Hbond substituents is 1. The standard InChI is InChI=1S/C28H34ClN3O7/c1-6-11(2)12(3)31-10-14-9-17(33)19-15(21(14)29)7-13-8-16-22(32(4)5)24(35)20(27(30)38)26(37)28(16,39)25(36)18(13)23(19)34/h6,9,12-13,16,22,31,33-34,37,39H,7-8,10H2,1-5H3,(H2,30,38)/b11-6+/t12-,13+,16+,22+,28+/m1/s1. The van der Waals surface area contributed by atoms with Crippen molar-refractivity contribution in [1.82, 2.24) is 10.2 Å². The van der Waals surface area contributed by atoms with Crippen molar-refractivity contribution in [3.63, 3.8) is 0 Å². The lowest BCUT2D eigenvalue weighted by molar-refractivity contribution is -0.153. The number of halogens is 1. The predicted molar refractivity (Wildman–Crippen MR) is 145 cm³/mol. The lowest BCUT2D eigenvalue weighted by atomic mass is 9.57. The molecule has 3 aliphatic carbocycles. The van der Waals surface area contributed by atoms with Gasteiger partial charge in [-0.15, -0.1) is 0 Å². The van der Waals surface area contributed by atoms with E-state index in [1.807, 2.05) is 26.8 Å². The molecule has 1 amide bonds. The monoisotopic (exact) mass is 559 g/mol. The molecule has 1 fully saturated rings. The molecule has 0 aliphatic heterocycles. The second-order valence-corrected chi connectivity index (χ2v) is 11.2. The molecule has 0 heterocycles. The van der Waals surface area contributed by atoms with Crippen molar-refractivity contribution in [3.05, 3.63) is 56.3 Å². The summed E-state index contributed by atoms with van der Waals surface area (Å²) >= 11 is 6.78. The highest BCUT2D eigenvalue weighted by molar-refractivity contribution is 6.32. The van der Waals surface area contributed by atoms with Crippen molar-refractivity contribution in [2.45, 2.75) is 57.8 Å². The van der Waals surface area contributed by atoms with Crippen LogP contribution in [0.4, 0.5) is 0 Å². The highest BCUT2D eigenvalue weighted by atomic mass is 35.5. The number of aromatic hydroxyl groups is 1. The van der Waals surface area contributed by atoms with Crippen LogP contribution in [-0.2, 0) is 27.3 Å². The molecule has 0 bridgehead atoms. The number of Topliss-reactive ketones (excluding diaryl/α,β-unsaturated/α-hetero) is 2. The van der Waals surface area contributed by atoms with Crippen LogP contribution in [0.1, 0.15) is 43.9 Å². The minimum atomic E-state index is -2.67. The number of hydrogen-bond acceptors (Lipinski definition) is 9. The van der Waals surface area contributed by atoms with Crippen LogP contribution in [0.15, 0.2) is 34.6 Å². The quantitative estimate of drug-likeness (QED) is 0.225. The van der Waals surface area contributed by atoms with Crippen LogP contribution in [0.5, 0.6) is 5.75 Å². The van der Waals surface area contributed by atoms with Gasteiger partial charge in [0.15, 0.2) is 11.4 Å². The second kappa shape index (κ2) is 10.1. The number of aliphatic hydroxyl groups excluding tert-OH is 2. The second-order valence-electron chi connectivity index (χ2n) is 10.8. The number of nitrogens with two attached hydrogens (primary N) is 1. The molecule has 10 nitrogen and oxygen atoms in total. The number of carbonyl (C=O) groups is 3. The van der Waals surface area contributed by atoms with E-state index >= 15 is 0 Å². The average Bonchev–Trinajstić information content (AvgIpc) is 2.86. The Kier molecular flexibility index (Phi) is 7.46. The highest BCUT2D eigenvalue weighted by Gasteiger charge is 2.64. The average molecular weight is 560 g/mol. The van der Waals surface area contributed by atoms with Gasteiger partial charge < -0.3 is 31.5 Å². The summed E-state index contributed by atoms with van der Waals surface area (Å²) in [4.78, 5) is 40.6. The molecule has 1 saturated carbocycles. The van der Waals surface area contributed by atoms with Gasteiger partial charge in [0.2, 0.25) is 5.78 Å². The number of ketones is 2. The summed E-state index contributed by atoms with van der Waals surface area (Å²) in [5, 5.41) is 48.4. The van der Waals surface area contributed by atoms with Crippen molar-refractivity contribution in [2.75, 3.05) is 14.1 Å². The number of allylic oxidation sites excluding steroid dienone is 1. The Morgan fingerprint density at radius 2 is 1.95 bits per heavy atom. The van der Waals surface area contributed by atoms with Gasteiger partial charge in [-0.1, -0.05) is 23.3 Å². The third-order valence-corrected chi connectivity index (χ3v) is 8.94. The Labute approximate surface area is 231 Å². The molecule has 0 aromatic heterocycles. The predicted octanol–water partition coefficient (Wildman–Crippen LogP) is 2.06. The molecule has 3 aliphatic rings. The highest BCUT2D eigenvalue weighted by Crippen LogP contribution is 2.53. The molecule has 11 heteroatoms. The van der Waals surface area contributed by atoms with Gasteiger partial charge in [-0.3, -0.25) is 19.3 Å². The number of aliphatic hydroxyl groups is 3. The van der Waals surface area contributed by atoms with Gasteiger partial charge in [-0.05, 0) is 70.8 Å². The SMILES string of the molecule is C/C=C(\C)[C@@H](C)NCc1cc(O)c2c(c1Cl)C[C@H]1C[C@H]3[C@H](N(C)C)C(=O)C(C(N)=O)=C(O)[C@@]3(O)C(=O)C1=C2O. The van der Waals surface area contributed by atoms with Crippen LogP contribution >= 0.6 is 11.6 Å². The lowest BCUT2D eigenvalue weighted by Gasteiger charge is -2.50. The zero-order valence-corrected chi connectivity index (χ0v) is 23.3. The van der Waals surface area contributed by atoms with Gasteiger partial charge in [0.1, 0.15) is 22.8 Å². The number of phenols is 1. The number of primary amides is 1. The smallest absolute Gasteiger partial charge is 0.255 e. The normalized spacial score (nSPS) is 27.9. The number of carbonyl (C=O) groups excluding carboxylic acids is 3. The van der Waals surface area contributed by atoms with E-state index in [1.54, 1.807) is 14.1 Å². The number of fused-ring (bicyclic) bond motifs is 3. The van der Waals surface area contributed by atoms with E-state index < -0.39 is 58.0 Å². The number of hydrogen-bond donors (Lipinski definition) is 6. The number of likely N-dealkylation sites (N-methyl/N-ethyl adjacent to an activating group) is 1. The van der Waals surface area contributed by atoms with E-state index in [4.69, 9.17) is 17.3 Å². The summed E-state index contributed by atoms with van der Waals surface area (Å²) in [6.07, 6.45) is 2.13. The minimum Gasteiger partial charge on any atom is -0.508 e. The van der Waals surface area contributed by atoms with Crippen LogP contribution in [0, 0.1) is 11.8 Å². The Morgan fingerprint density at radius 1 is 1.31 bits per heavy atom. The first-order valence-corrected chi connectivity index (χ1v) is 13.1. The molecule has 0 radical (unpaired) electrons. The Balaban J connectivity index is 1.85. The molecule has 0 spiro atoms. The molecule has 210 valence electrons. The molecule has 1 aromatic rings. The Bertz CT molecular complexity index is 1380. The number of rotatable bonds is 6. The van der Waals surface area contributed by atoms with E-state index in [-0.39, 0.29) is 35.8 Å². The number of benzene rings is 1. The summed E-state index contributed by atoms with van der Waals surface area (Å²) in [5.41, 5.74) is 3.75. The van der Waals surface area contributed by atoms with Crippen LogP contribution in [-0.4, -0.2) is 74.6 Å². The molecule has 4 rings (SSSR count). The van der Waals surface area contributed by atoms with Crippen LogP contribution in [0.2, 0.25) is 5.02 Å². The van der Waals surface area contributed by atoms with Crippen molar-refractivity contribution in [1.29, 1.82) is 0 Å². The first-order valence-electron chi connectivity index (χ1n) is 12.7. The molecule has 5 atom stereocenters. The van der Waals surface area contributed by atoms with E-state index in [0.717, 1.165) is 5.57 Å². The molecule has 39 heavy (non-hydrogen) atoms. The fourth-order valence-electron chi connectivity index (χ4n) is 6.15. The van der Waals surface area contributed by atoms with Crippen LogP contribution in [0.3, 0.4) is 0 Å². The van der Waals surface area contributed by atoms with Crippen molar-refractivity contribution in [3.8, 4) is 5.75 Å². The number of amides is 1. The number of nitrogens with zero attached hydrogens (tertiary/aromatic N) is 1. The zero-order valence-electron chi connectivity index (χ0n) is 22.5. The summed E-state index contributed by atoms with van der Waals surface area (Å²) in [6, 6.07) is 0.325. The number of nitrogens with one attached hydrogen (secondary N) is 1. The summed E-state index contributed by atoms with van der Waals surface area (Å²) in [6.45, 7) is 6.26. The van der Waals surface area contributed by atoms with Gasteiger partial charge in [-0.2, -0.15) is 0 Å². The largest absolute Gasteiger partial charge is 0.508 e. The van der Waals surface area contributed by atoms with Gasteiger partial charge in [0, 0.05) is 29.1 Å². The van der Waals surface area contributed by atoms with Crippen molar-refractivity contribution < 1.29 is 34.8 Å². The topological polar surface area (TPSA) is 173 Å². The molecule has 0 unspecified atom stereocenters. The van der Waals surface area contributed by atoms with E-state index in [1.165, 1.54) is 11.0 Å².